The molecule has 0 radical (unpaired) electrons. The molecule has 1 aromatic heterocycles. The average molecular weight is 384 g/mol. The Hall–Kier alpha value is -2.28. The van der Waals surface area contributed by atoms with E-state index in [-0.39, 0.29) is 5.56 Å². The molecule has 4 rings (SSSR count). The molecular weight excluding hydrogens is 358 g/mol. The van der Waals surface area contributed by atoms with Gasteiger partial charge in [0.05, 0.1) is 0 Å². The fraction of sp³-hybridized carbons (Fsp3) is 0.450. The largest absolute Gasteiger partial charge is 0.353 e. The molecule has 6 nitrogen and oxygen atoms in total. The molecule has 142 valence electrons. The first-order valence-electron chi connectivity index (χ1n) is 9.49. The zero-order chi connectivity index (χ0) is 18.8. The van der Waals surface area contributed by atoms with Gasteiger partial charge in [-0.2, -0.15) is 0 Å². The van der Waals surface area contributed by atoms with Gasteiger partial charge < -0.3 is 5.32 Å². The molecular formula is C20H25N5OS. The lowest BCUT2D eigenvalue weighted by Crippen LogP contribution is -2.45. The highest BCUT2D eigenvalue weighted by molar-refractivity contribution is 7.98. The first kappa shape index (κ1) is 18.1. The number of hydrogen-bond donors (Lipinski definition) is 2. The molecule has 0 bridgehead atoms. The van der Waals surface area contributed by atoms with Crippen LogP contribution in [0, 0.1) is 6.92 Å². The van der Waals surface area contributed by atoms with Gasteiger partial charge in [0.15, 0.2) is 6.17 Å². The fourth-order valence-corrected chi connectivity index (χ4v) is 4.17. The first-order valence-corrected chi connectivity index (χ1v) is 10.7. The Balaban J connectivity index is 1.71. The van der Waals surface area contributed by atoms with Crippen molar-refractivity contribution in [3.05, 3.63) is 51.9 Å². The summed E-state index contributed by atoms with van der Waals surface area (Å²) in [4.78, 5) is 23.3. The molecule has 2 N–H and O–H groups in total. The number of anilines is 1. The number of guanidine groups is 1. The summed E-state index contributed by atoms with van der Waals surface area (Å²) in [5.41, 5.74) is 1.59. The van der Waals surface area contributed by atoms with Crippen molar-refractivity contribution in [1.82, 2.24) is 14.9 Å². The Morgan fingerprint density at radius 2 is 1.93 bits per heavy atom. The summed E-state index contributed by atoms with van der Waals surface area (Å²) in [5, 5.41) is 6.77. The third-order valence-corrected chi connectivity index (χ3v) is 5.91. The summed E-state index contributed by atoms with van der Waals surface area (Å²) in [6.07, 6.45) is 7.75. The Bertz CT molecular complexity index is 900. The van der Waals surface area contributed by atoms with Crippen LogP contribution in [0.1, 0.15) is 49.5 Å². The summed E-state index contributed by atoms with van der Waals surface area (Å²) in [6, 6.07) is 10.2. The number of aryl methyl sites for hydroxylation is 1. The second kappa shape index (κ2) is 7.76. The van der Waals surface area contributed by atoms with E-state index in [4.69, 9.17) is 4.99 Å². The van der Waals surface area contributed by atoms with Crippen LogP contribution in [0.4, 0.5) is 5.95 Å². The number of rotatable bonds is 3. The number of benzene rings is 1. The first-order chi connectivity index (χ1) is 13.1. The maximum Gasteiger partial charge on any atom is 0.257 e. The zero-order valence-electron chi connectivity index (χ0n) is 15.7. The Kier molecular flexibility index (Phi) is 5.20. The molecule has 1 atom stereocenters. The molecule has 1 fully saturated rings. The summed E-state index contributed by atoms with van der Waals surface area (Å²) >= 11 is 1.70. The van der Waals surface area contributed by atoms with Gasteiger partial charge in [-0.1, -0.05) is 31.4 Å². The van der Waals surface area contributed by atoms with Crippen LogP contribution in [-0.2, 0) is 0 Å². The van der Waals surface area contributed by atoms with E-state index in [0.29, 0.717) is 23.6 Å². The molecule has 1 unspecified atom stereocenters. The van der Waals surface area contributed by atoms with Gasteiger partial charge in [0.1, 0.15) is 0 Å². The van der Waals surface area contributed by atoms with E-state index >= 15 is 0 Å². The highest BCUT2D eigenvalue weighted by Gasteiger charge is 2.26. The van der Waals surface area contributed by atoms with Crippen LogP contribution in [0.5, 0.6) is 0 Å². The topological polar surface area (TPSA) is 71.3 Å². The minimum atomic E-state index is -0.413. The molecule has 1 aliphatic heterocycles. The van der Waals surface area contributed by atoms with Gasteiger partial charge in [0.25, 0.3) is 5.56 Å². The van der Waals surface area contributed by atoms with Crippen LogP contribution in [0.3, 0.4) is 0 Å². The zero-order valence-corrected chi connectivity index (χ0v) is 16.6. The molecule has 1 saturated carbocycles. The highest BCUT2D eigenvalue weighted by atomic mass is 32.2. The minimum Gasteiger partial charge on any atom is -0.353 e. The molecule has 2 aliphatic rings. The van der Waals surface area contributed by atoms with Crippen molar-refractivity contribution in [1.29, 1.82) is 0 Å². The predicted molar refractivity (Wildman–Crippen MR) is 111 cm³/mol. The lowest BCUT2D eigenvalue weighted by Gasteiger charge is -2.30. The van der Waals surface area contributed by atoms with Crippen molar-refractivity contribution in [3.8, 4) is 0 Å². The second-order valence-electron chi connectivity index (χ2n) is 7.16. The van der Waals surface area contributed by atoms with Gasteiger partial charge in [0, 0.05) is 22.7 Å². The van der Waals surface area contributed by atoms with E-state index in [0.717, 1.165) is 18.4 Å². The van der Waals surface area contributed by atoms with E-state index in [9.17, 15) is 4.79 Å². The van der Waals surface area contributed by atoms with E-state index in [1.54, 1.807) is 22.4 Å². The molecule has 7 heteroatoms. The molecule has 0 amide bonds. The Labute approximate surface area is 163 Å². The van der Waals surface area contributed by atoms with E-state index in [1.807, 2.05) is 19.1 Å². The molecule has 0 spiro atoms. The molecule has 1 aromatic carbocycles. The maximum absolute atomic E-state index is 12.7. The molecule has 1 aliphatic carbocycles. The lowest BCUT2D eigenvalue weighted by atomic mass is 9.96. The van der Waals surface area contributed by atoms with Gasteiger partial charge in [-0.25, -0.2) is 9.98 Å². The predicted octanol–water partition coefficient (Wildman–Crippen LogP) is 3.52. The van der Waals surface area contributed by atoms with Crippen LogP contribution >= 0.6 is 11.8 Å². The summed E-state index contributed by atoms with van der Waals surface area (Å²) in [5.74, 6) is 1.26. The lowest BCUT2D eigenvalue weighted by molar-refractivity contribution is 0.410. The van der Waals surface area contributed by atoms with E-state index in [2.05, 4.69) is 34.0 Å². The van der Waals surface area contributed by atoms with Crippen LogP contribution in [0.15, 0.2) is 45.0 Å². The van der Waals surface area contributed by atoms with Crippen molar-refractivity contribution >= 4 is 23.7 Å². The van der Waals surface area contributed by atoms with Crippen LogP contribution in [0.2, 0.25) is 0 Å². The van der Waals surface area contributed by atoms with Crippen LogP contribution < -0.4 is 16.2 Å². The fourth-order valence-electron chi connectivity index (χ4n) is 3.76. The Morgan fingerprint density at radius 1 is 1.19 bits per heavy atom. The summed E-state index contributed by atoms with van der Waals surface area (Å²) in [7, 11) is 0. The third-order valence-electron chi connectivity index (χ3n) is 5.17. The van der Waals surface area contributed by atoms with Crippen molar-refractivity contribution in [2.75, 3.05) is 11.6 Å². The number of aliphatic imine (C=N–C) groups is 1. The maximum atomic E-state index is 12.7. The quantitative estimate of drug-likeness (QED) is 0.794. The SMILES string of the molecule is CSc1ccc(C2N=C(NC3CCCCC3)Nc3nc(C)cc(=O)n32)cc1. The van der Waals surface area contributed by atoms with Crippen molar-refractivity contribution < 1.29 is 0 Å². The standard InChI is InChI=1S/C20H25N5OS/c1-13-12-17(26)25-18(14-8-10-16(27-2)11-9-14)23-19(24-20(25)21-13)22-15-6-4-3-5-7-15/h8-12,15,18H,3-7H2,1-2H3,(H2,21,22,23,24). The monoisotopic (exact) mass is 383 g/mol. The van der Waals surface area contributed by atoms with Gasteiger partial charge >= 0.3 is 0 Å². The van der Waals surface area contributed by atoms with Crippen molar-refractivity contribution in [3.63, 3.8) is 0 Å². The second-order valence-corrected chi connectivity index (χ2v) is 8.04. The van der Waals surface area contributed by atoms with Crippen LogP contribution in [-0.4, -0.2) is 27.8 Å². The normalized spacial score (nSPS) is 19.8. The highest BCUT2D eigenvalue weighted by Crippen LogP contribution is 2.27. The molecule has 2 heterocycles. The van der Waals surface area contributed by atoms with Gasteiger partial charge in [-0.05, 0) is 43.7 Å². The summed E-state index contributed by atoms with van der Waals surface area (Å²) in [6.45, 7) is 1.84. The van der Waals surface area contributed by atoms with Crippen LogP contribution in [0.25, 0.3) is 0 Å². The average Bonchev–Trinajstić information content (AvgIpc) is 2.68. The number of aromatic nitrogens is 2. The van der Waals surface area contributed by atoms with Crippen molar-refractivity contribution in [2.45, 2.75) is 56.1 Å². The third kappa shape index (κ3) is 3.88. The van der Waals surface area contributed by atoms with Gasteiger partial charge in [0.2, 0.25) is 11.9 Å². The van der Waals surface area contributed by atoms with E-state index < -0.39 is 6.17 Å². The summed E-state index contributed by atoms with van der Waals surface area (Å²) < 4.78 is 1.63. The van der Waals surface area contributed by atoms with Gasteiger partial charge in [-0.15, -0.1) is 11.8 Å². The van der Waals surface area contributed by atoms with Crippen molar-refractivity contribution in [2.24, 2.45) is 4.99 Å². The van der Waals surface area contributed by atoms with E-state index in [1.165, 1.54) is 24.2 Å². The van der Waals surface area contributed by atoms with Gasteiger partial charge in [-0.3, -0.25) is 14.7 Å². The Morgan fingerprint density at radius 3 is 2.63 bits per heavy atom. The number of nitrogens with one attached hydrogen (secondary N) is 2. The minimum absolute atomic E-state index is 0.0931. The molecule has 27 heavy (non-hydrogen) atoms. The number of hydrogen-bond acceptors (Lipinski definition) is 6. The smallest absolute Gasteiger partial charge is 0.257 e. The number of thioether (sulfide) groups is 1. The molecule has 2 aromatic rings. The number of nitrogens with zero attached hydrogens (tertiary/aromatic N) is 3. The number of fused-ring (bicyclic) bond motifs is 1. The molecule has 0 saturated heterocycles.